The van der Waals surface area contributed by atoms with Gasteiger partial charge in [-0.05, 0) is 30.7 Å². The van der Waals surface area contributed by atoms with Crippen LogP contribution >= 0.6 is 0 Å². The highest BCUT2D eigenvalue weighted by atomic mass is 32.2. The van der Waals surface area contributed by atoms with Crippen molar-refractivity contribution in [2.75, 3.05) is 4.72 Å². The Morgan fingerprint density at radius 3 is 2.53 bits per heavy atom. The largest absolute Gasteiger partial charge is 0.276 e. The summed E-state index contributed by atoms with van der Waals surface area (Å²) in [6.07, 6.45) is 4.04. The van der Waals surface area contributed by atoms with Crippen LogP contribution < -0.4 is 4.72 Å². The number of nitrogens with one attached hydrogen (secondary N) is 1. The summed E-state index contributed by atoms with van der Waals surface area (Å²) in [5, 5.41) is 8.76. The molecule has 96 valence electrons. The van der Waals surface area contributed by atoms with Gasteiger partial charge in [0.2, 0.25) is 0 Å². The standard InChI is InChI=1S/C12H10N4O2S/c1-9-4-10(5-13)2-3-12(9)19(17,18)16-11-6-14-8-15-7-11/h2-4,6-8,16H,1H3. The van der Waals surface area contributed by atoms with E-state index in [1.165, 1.54) is 36.9 Å². The van der Waals surface area contributed by atoms with Crippen LogP contribution in [0.25, 0.3) is 0 Å². The Balaban J connectivity index is 2.38. The summed E-state index contributed by atoms with van der Waals surface area (Å²) in [7, 11) is -3.71. The van der Waals surface area contributed by atoms with Crippen LogP contribution in [0.3, 0.4) is 0 Å². The molecule has 1 aromatic heterocycles. The highest BCUT2D eigenvalue weighted by molar-refractivity contribution is 7.92. The Morgan fingerprint density at radius 2 is 1.95 bits per heavy atom. The minimum atomic E-state index is -3.71. The average Bonchev–Trinajstić information content (AvgIpc) is 2.38. The second-order valence-corrected chi connectivity index (χ2v) is 5.48. The molecule has 0 aliphatic rings. The number of anilines is 1. The monoisotopic (exact) mass is 274 g/mol. The number of nitrogens with zero attached hydrogens (tertiary/aromatic N) is 3. The van der Waals surface area contributed by atoms with E-state index in [2.05, 4.69) is 14.7 Å². The van der Waals surface area contributed by atoms with Gasteiger partial charge in [-0.2, -0.15) is 5.26 Å². The van der Waals surface area contributed by atoms with Crippen LogP contribution in [0.5, 0.6) is 0 Å². The van der Waals surface area contributed by atoms with Gasteiger partial charge in [-0.15, -0.1) is 0 Å². The first-order valence-electron chi connectivity index (χ1n) is 5.31. The van der Waals surface area contributed by atoms with E-state index in [0.717, 1.165) is 0 Å². The molecule has 0 amide bonds. The Kier molecular flexibility index (Phi) is 3.44. The molecule has 0 aliphatic carbocycles. The number of nitriles is 1. The lowest BCUT2D eigenvalue weighted by atomic mass is 10.2. The van der Waals surface area contributed by atoms with Crippen LogP contribution in [0.1, 0.15) is 11.1 Å². The van der Waals surface area contributed by atoms with Gasteiger partial charge in [-0.25, -0.2) is 18.4 Å². The average molecular weight is 274 g/mol. The van der Waals surface area contributed by atoms with Crippen LogP contribution in [0.15, 0.2) is 41.8 Å². The third-order valence-electron chi connectivity index (χ3n) is 2.41. The molecular weight excluding hydrogens is 264 g/mol. The van der Waals surface area contributed by atoms with Crippen molar-refractivity contribution >= 4 is 15.7 Å². The third kappa shape index (κ3) is 2.86. The molecule has 1 aromatic carbocycles. The normalized spacial score (nSPS) is 10.7. The van der Waals surface area contributed by atoms with E-state index in [9.17, 15) is 8.42 Å². The van der Waals surface area contributed by atoms with Crippen molar-refractivity contribution < 1.29 is 8.42 Å². The van der Waals surface area contributed by atoms with Gasteiger partial charge in [0.25, 0.3) is 10.0 Å². The number of sulfonamides is 1. The Bertz CT molecular complexity index is 736. The van der Waals surface area contributed by atoms with E-state index < -0.39 is 10.0 Å². The maximum absolute atomic E-state index is 12.2. The smallest absolute Gasteiger partial charge is 0.262 e. The van der Waals surface area contributed by atoms with Gasteiger partial charge >= 0.3 is 0 Å². The number of benzene rings is 1. The van der Waals surface area contributed by atoms with Crippen molar-refractivity contribution in [2.45, 2.75) is 11.8 Å². The second-order valence-electron chi connectivity index (χ2n) is 3.82. The van der Waals surface area contributed by atoms with Crippen LogP contribution in [-0.4, -0.2) is 18.4 Å². The molecule has 0 saturated carbocycles. The minimum Gasteiger partial charge on any atom is -0.276 e. The SMILES string of the molecule is Cc1cc(C#N)ccc1S(=O)(=O)Nc1cncnc1. The van der Waals surface area contributed by atoms with E-state index in [-0.39, 0.29) is 10.6 Å². The fraction of sp³-hybridized carbons (Fsp3) is 0.0833. The molecular formula is C12H10N4O2S. The fourth-order valence-corrected chi connectivity index (χ4v) is 2.84. The third-order valence-corrected chi connectivity index (χ3v) is 3.95. The van der Waals surface area contributed by atoms with Crippen LogP contribution in [0.2, 0.25) is 0 Å². The van der Waals surface area contributed by atoms with E-state index in [1.54, 1.807) is 6.92 Å². The number of hydrogen-bond donors (Lipinski definition) is 1. The maximum Gasteiger partial charge on any atom is 0.262 e. The quantitative estimate of drug-likeness (QED) is 0.914. The van der Waals surface area contributed by atoms with Gasteiger partial charge in [-0.3, -0.25) is 4.72 Å². The van der Waals surface area contributed by atoms with E-state index >= 15 is 0 Å². The van der Waals surface area contributed by atoms with Gasteiger partial charge in [0.1, 0.15) is 6.33 Å². The van der Waals surface area contributed by atoms with E-state index in [4.69, 9.17) is 5.26 Å². The predicted octanol–water partition coefficient (Wildman–Crippen LogP) is 1.46. The Labute approximate surface area is 110 Å². The molecule has 2 aromatic rings. The highest BCUT2D eigenvalue weighted by Crippen LogP contribution is 2.19. The first kappa shape index (κ1) is 13.0. The number of hydrogen-bond acceptors (Lipinski definition) is 5. The first-order valence-corrected chi connectivity index (χ1v) is 6.80. The van der Waals surface area contributed by atoms with Gasteiger partial charge in [0.05, 0.1) is 34.6 Å². The van der Waals surface area contributed by atoms with Gasteiger partial charge in [0, 0.05) is 0 Å². The van der Waals surface area contributed by atoms with Crippen LogP contribution in [-0.2, 0) is 10.0 Å². The van der Waals surface area contributed by atoms with Gasteiger partial charge in [0.15, 0.2) is 0 Å². The summed E-state index contributed by atoms with van der Waals surface area (Å²) >= 11 is 0. The lowest BCUT2D eigenvalue weighted by molar-refractivity contribution is 0.600. The molecule has 0 unspecified atom stereocenters. The molecule has 0 saturated heterocycles. The highest BCUT2D eigenvalue weighted by Gasteiger charge is 2.17. The number of rotatable bonds is 3. The Hall–Kier alpha value is -2.46. The molecule has 0 radical (unpaired) electrons. The molecule has 7 heteroatoms. The zero-order valence-corrected chi connectivity index (χ0v) is 10.8. The van der Waals surface area contributed by atoms with E-state index in [0.29, 0.717) is 11.1 Å². The first-order chi connectivity index (χ1) is 9.03. The molecule has 19 heavy (non-hydrogen) atoms. The molecule has 0 spiro atoms. The number of aromatic nitrogens is 2. The zero-order chi connectivity index (χ0) is 13.9. The molecule has 2 rings (SSSR count). The van der Waals surface area contributed by atoms with Crippen molar-refractivity contribution in [2.24, 2.45) is 0 Å². The van der Waals surface area contributed by atoms with Crippen molar-refractivity contribution in [3.05, 3.63) is 48.0 Å². The lowest BCUT2D eigenvalue weighted by Gasteiger charge is -2.09. The molecule has 0 aliphatic heterocycles. The molecule has 0 atom stereocenters. The molecule has 1 heterocycles. The summed E-state index contributed by atoms with van der Waals surface area (Å²) in [4.78, 5) is 7.58. The number of aryl methyl sites for hydroxylation is 1. The molecule has 1 N–H and O–H groups in total. The Morgan fingerprint density at radius 1 is 1.26 bits per heavy atom. The van der Waals surface area contributed by atoms with Crippen molar-refractivity contribution in [1.82, 2.24) is 9.97 Å². The second kappa shape index (κ2) is 5.04. The molecule has 6 nitrogen and oxygen atoms in total. The van der Waals surface area contributed by atoms with Crippen molar-refractivity contribution in [3.8, 4) is 6.07 Å². The topological polar surface area (TPSA) is 95.7 Å². The van der Waals surface area contributed by atoms with Gasteiger partial charge in [-0.1, -0.05) is 0 Å². The van der Waals surface area contributed by atoms with Crippen molar-refractivity contribution in [3.63, 3.8) is 0 Å². The minimum absolute atomic E-state index is 0.121. The lowest BCUT2D eigenvalue weighted by Crippen LogP contribution is -2.14. The fourth-order valence-electron chi connectivity index (χ4n) is 1.58. The predicted molar refractivity (Wildman–Crippen MR) is 68.7 cm³/mol. The summed E-state index contributed by atoms with van der Waals surface area (Å²) in [6, 6.07) is 6.35. The van der Waals surface area contributed by atoms with Gasteiger partial charge < -0.3 is 0 Å². The van der Waals surface area contributed by atoms with E-state index in [1.807, 2.05) is 6.07 Å². The summed E-state index contributed by atoms with van der Waals surface area (Å²) < 4.78 is 26.7. The van der Waals surface area contributed by atoms with Crippen molar-refractivity contribution in [1.29, 1.82) is 5.26 Å². The zero-order valence-electron chi connectivity index (χ0n) is 10.0. The molecule has 0 bridgehead atoms. The van der Waals surface area contributed by atoms with Crippen LogP contribution in [0.4, 0.5) is 5.69 Å². The summed E-state index contributed by atoms with van der Waals surface area (Å²) in [5.41, 5.74) is 1.20. The molecule has 0 fully saturated rings. The van der Waals surface area contributed by atoms with Crippen LogP contribution in [0, 0.1) is 18.3 Å². The summed E-state index contributed by atoms with van der Waals surface area (Å²) in [5.74, 6) is 0. The maximum atomic E-state index is 12.2. The summed E-state index contributed by atoms with van der Waals surface area (Å²) in [6.45, 7) is 1.64.